The Morgan fingerprint density at radius 1 is 1.27 bits per heavy atom. The molecule has 2 aromatic carbocycles. The van der Waals surface area contributed by atoms with Gasteiger partial charge >= 0.3 is 0 Å². The molecule has 7 heteroatoms. The van der Waals surface area contributed by atoms with Crippen molar-refractivity contribution in [3.05, 3.63) is 58.1 Å². The van der Waals surface area contributed by atoms with E-state index in [9.17, 15) is 4.79 Å². The number of aromatic nitrogens is 1. The lowest BCUT2D eigenvalue weighted by atomic mass is 10.2. The third-order valence-corrected chi connectivity index (χ3v) is 5.90. The van der Waals surface area contributed by atoms with Crippen molar-refractivity contribution in [1.82, 2.24) is 4.98 Å². The van der Waals surface area contributed by atoms with Gasteiger partial charge in [-0.3, -0.25) is 9.69 Å². The molecule has 134 valence electrons. The van der Waals surface area contributed by atoms with Gasteiger partial charge in [0.2, 0.25) is 0 Å². The summed E-state index contributed by atoms with van der Waals surface area (Å²) in [6.45, 7) is 1.19. The highest BCUT2D eigenvalue weighted by Crippen LogP contribution is 2.34. The zero-order valence-corrected chi connectivity index (χ0v) is 16.2. The quantitative estimate of drug-likeness (QED) is 0.579. The molecule has 0 bridgehead atoms. The number of hydrogen-bond acceptors (Lipinski definition) is 4. The molecule has 3 aromatic rings. The van der Waals surface area contributed by atoms with Gasteiger partial charge in [-0.05, 0) is 43.2 Å². The second-order valence-electron chi connectivity index (χ2n) is 6.14. The molecule has 1 unspecified atom stereocenters. The van der Waals surface area contributed by atoms with E-state index in [4.69, 9.17) is 27.9 Å². The van der Waals surface area contributed by atoms with Crippen molar-refractivity contribution in [3.8, 4) is 0 Å². The number of nitrogens with zero attached hydrogens (tertiary/aromatic N) is 2. The summed E-state index contributed by atoms with van der Waals surface area (Å²) in [5, 5.41) is 1.73. The number of carbonyl (C=O) groups excluding carboxylic acids is 1. The number of amides is 1. The number of anilines is 1. The van der Waals surface area contributed by atoms with Crippen LogP contribution in [0.5, 0.6) is 0 Å². The third kappa shape index (κ3) is 3.58. The van der Waals surface area contributed by atoms with E-state index in [1.165, 1.54) is 11.3 Å². The molecule has 1 aromatic heterocycles. The lowest BCUT2D eigenvalue weighted by Crippen LogP contribution is -2.37. The van der Waals surface area contributed by atoms with E-state index in [0.29, 0.717) is 32.8 Å². The molecule has 1 fully saturated rings. The second kappa shape index (κ2) is 7.53. The van der Waals surface area contributed by atoms with Crippen LogP contribution >= 0.6 is 34.5 Å². The van der Waals surface area contributed by atoms with Crippen LogP contribution in [0.25, 0.3) is 10.2 Å². The number of benzene rings is 2. The lowest BCUT2D eigenvalue weighted by Gasteiger charge is -2.23. The number of fused-ring (bicyclic) bond motifs is 1. The molecule has 1 aliphatic rings. The largest absolute Gasteiger partial charge is 0.376 e. The van der Waals surface area contributed by atoms with Gasteiger partial charge in [-0.25, -0.2) is 4.98 Å². The maximum Gasteiger partial charge on any atom is 0.260 e. The van der Waals surface area contributed by atoms with Gasteiger partial charge in [0, 0.05) is 17.2 Å². The van der Waals surface area contributed by atoms with Crippen LogP contribution in [0.4, 0.5) is 5.13 Å². The maximum absolute atomic E-state index is 13.2. The summed E-state index contributed by atoms with van der Waals surface area (Å²) in [6, 6.07) is 12.6. The summed E-state index contributed by atoms with van der Waals surface area (Å²) >= 11 is 13.8. The van der Waals surface area contributed by atoms with Crippen LogP contribution < -0.4 is 4.90 Å². The van der Waals surface area contributed by atoms with E-state index in [2.05, 4.69) is 4.98 Å². The molecule has 0 aliphatic carbocycles. The molecule has 0 saturated carbocycles. The molecule has 0 radical (unpaired) electrons. The SMILES string of the molecule is O=C(c1cccc(Cl)c1)N(CC1CCCO1)c1nc2c(Cl)cccc2s1. The van der Waals surface area contributed by atoms with Gasteiger partial charge in [-0.1, -0.05) is 46.7 Å². The topological polar surface area (TPSA) is 42.4 Å². The number of hydrogen-bond donors (Lipinski definition) is 0. The Hall–Kier alpha value is -1.66. The maximum atomic E-state index is 13.2. The molecule has 4 nitrogen and oxygen atoms in total. The van der Waals surface area contributed by atoms with Gasteiger partial charge in [-0.15, -0.1) is 0 Å². The minimum atomic E-state index is -0.141. The molecule has 0 spiro atoms. The number of rotatable bonds is 4. The first kappa shape index (κ1) is 17.7. The van der Waals surface area contributed by atoms with E-state index in [1.807, 2.05) is 12.1 Å². The van der Waals surface area contributed by atoms with Gasteiger partial charge in [0.25, 0.3) is 5.91 Å². The predicted octanol–water partition coefficient (Wildman–Crippen LogP) is 5.43. The molecule has 1 amide bonds. The highest BCUT2D eigenvalue weighted by molar-refractivity contribution is 7.22. The average molecular weight is 407 g/mol. The van der Waals surface area contributed by atoms with Gasteiger partial charge in [-0.2, -0.15) is 0 Å². The smallest absolute Gasteiger partial charge is 0.260 e. The summed E-state index contributed by atoms with van der Waals surface area (Å²) in [5.74, 6) is -0.141. The minimum Gasteiger partial charge on any atom is -0.376 e. The second-order valence-corrected chi connectivity index (χ2v) is 8.00. The van der Waals surface area contributed by atoms with Crippen molar-refractivity contribution >= 4 is 55.8 Å². The third-order valence-electron chi connectivity index (χ3n) is 4.32. The number of thiazole rings is 1. The fourth-order valence-electron chi connectivity index (χ4n) is 3.04. The Bertz CT molecular complexity index is 954. The van der Waals surface area contributed by atoms with Crippen molar-refractivity contribution in [1.29, 1.82) is 0 Å². The Morgan fingerprint density at radius 3 is 2.85 bits per heavy atom. The van der Waals surface area contributed by atoms with Crippen LogP contribution in [0.1, 0.15) is 23.2 Å². The number of para-hydroxylation sites is 1. The van der Waals surface area contributed by atoms with Crippen molar-refractivity contribution in [2.24, 2.45) is 0 Å². The summed E-state index contributed by atoms with van der Waals surface area (Å²) < 4.78 is 6.69. The molecule has 4 rings (SSSR count). The Labute approximate surface area is 165 Å². The number of halogens is 2. The molecule has 1 saturated heterocycles. The van der Waals surface area contributed by atoms with Crippen LogP contribution in [0.3, 0.4) is 0 Å². The van der Waals surface area contributed by atoms with Gasteiger partial charge < -0.3 is 4.74 Å². The van der Waals surface area contributed by atoms with Gasteiger partial charge in [0.05, 0.1) is 22.4 Å². The van der Waals surface area contributed by atoms with Crippen molar-refractivity contribution in [3.63, 3.8) is 0 Å². The average Bonchev–Trinajstić information content (AvgIpc) is 3.29. The Kier molecular flexibility index (Phi) is 5.14. The summed E-state index contributed by atoms with van der Waals surface area (Å²) in [4.78, 5) is 19.5. The highest BCUT2D eigenvalue weighted by Gasteiger charge is 2.27. The summed E-state index contributed by atoms with van der Waals surface area (Å²) in [7, 11) is 0. The molecule has 0 N–H and O–H groups in total. The fraction of sp³-hybridized carbons (Fsp3) is 0.263. The van der Waals surface area contributed by atoms with E-state index < -0.39 is 0 Å². The molecular weight excluding hydrogens is 391 g/mol. The molecular formula is C19H16Cl2N2O2S. The van der Waals surface area contributed by atoms with Gasteiger partial charge in [0.15, 0.2) is 5.13 Å². The number of carbonyl (C=O) groups is 1. The van der Waals surface area contributed by atoms with E-state index in [-0.39, 0.29) is 12.0 Å². The van der Waals surface area contributed by atoms with Crippen LogP contribution in [-0.2, 0) is 4.74 Å². The van der Waals surface area contributed by atoms with E-state index >= 15 is 0 Å². The first-order valence-electron chi connectivity index (χ1n) is 8.36. The van der Waals surface area contributed by atoms with Crippen molar-refractivity contribution < 1.29 is 9.53 Å². The monoisotopic (exact) mass is 406 g/mol. The molecule has 1 aliphatic heterocycles. The summed E-state index contributed by atoms with van der Waals surface area (Å²) in [6.07, 6.45) is 1.96. The van der Waals surface area contributed by atoms with Crippen LogP contribution in [-0.4, -0.2) is 30.1 Å². The highest BCUT2D eigenvalue weighted by atomic mass is 35.5. The normalized spacial score (nSPS) is 16.9. The zero-order chi connectivity index (χ0) is 18.1. The Morgan fingerprint density at radius 2 is 2.12 bits per heavy atom. The molecule has 26 heavy (non-hydrogen) atoms. The lowest BCUT2D eigenvalue weighted by molar-refractivity contribution is 0.0917. The van der Waals surface area contributed by atoms with Crippen molar-refractivity contribution in [2.45, 2.75) is 18.9 Å². The predicted molar refractivity (Wildman–Crippen MR) is 107 cm³/mol. The Balaban J connectivity index is 1.73. The summed E-state index contributed by atoms with van der Waals surface area (Å²) in [5.41, 5.74) is 1.24. The van der Waals surface area contributed by atoms with Crippen molar-refractivity contribution in [2.75, 3.05) is 18.1 Å². The molecule has 2 heterocycles. The number of ether oxygens (including phenoxy) is 1. The van der Waals surface area contributed by atoms with Gasteiger partial charge in [0.1, 0.15) is 5.52 Å². The fourth-order valence-corrected chi connectivity index (χ4v) is 4.50. The standard InChI is InChI=1S/C19H16Cl2N2O2S/c20-13-5-1-4-12(10-13)18(24)23(11-14-6-3-9-25-14)19-22-17-15(21)7-2-8-16(17)26-19/h1-2,4-5,7-8,10,14H,3,6,9,11H2. The molecule has 1 atom stereocenters. The van der Waals surface area contributed by atoms with Crippen LogP contribution in [0.15, 0.2) is 42.5 Å². The first-order valence-corrected chi connectivity index (χ1v) is 9.93. The first-order chi connectivity index (χ1) is 12.6. The van der Waals surface area contributed by atoms with Crippen LogP contribution in [0.2, 0.25) is 10.0 Å². The van der Waals surface area contributed by atoms with E-state index in [1.54, 1.807) is 35.2 Å². The van der Waals surface area contributed by atoms with Crippen LogP contribution in [0, 0.1) is 0 Å². The minimum absolute atomic E-state index is 0.0145. The zero-order valence-electron chi connectivity index (χ0n) is 13.8. The van der Waals surface area contributed by atoms with E-state index in [0.717, 1.165) is 24.1 Å².